The van der Waals surface area contributed by atoms with Crippen LogP contribution >= 0.6 is 0 Å². The van der Waals surface area contributed by atoms with Crippen molar-refractivity contribution in [2.75, 3.05) is 13.1 Å². The van der Waals surface area contributed by atoms with E-state index >= 15 is 0 Å². The summed E-state index contributed by atoms with van der Waals surface area (Å²) in [6.45, 7) is 8.53. The largest absolute Gasteiger partial charge is 0.319 e. The Morgan fingerprint density at radius 1 is 0.867 bits per heavy atom. The molecule has 3 aliphatic heterocycles. The standard InChI is InChI=1S/C12H21NO2/c1-9-4-10(2)6-11(3,5-9)12(14,15)13(7-9)8-10/h14-15H,4-8H2,1-3H3/p+1/t9-,10+,11?. The minimum Gasteiger partial charge on any atom is -0.319 e. The molecule has 1 saturated carbocycles. The molecule has 3 nitrogen and oxygen atoms in total. The molecule has 2 unspecified atom stereocenters. The topological polar surface area (TPSA) is 44.9 Å². The molecule has 4 fully saturated rings. The average Bonchev–Trinajstić information content (AvgIpc) is 1.94. The summed E-state index contributed by atoms with van der Waals surface area (Å²) in [6.07, 6.45) is 3.19. The Labute approximate surface area is 91.1 Å². The van der Waals surface area contributed by atoms with Gasteiger partial charge in [0.15, 0.2) is 0 Å². The fraction of sp³-hybridized carbons (Fsp3) is 1.00. The number of hydrogen-bond donors (Lipinski definition) is 3. The van der Waals surface area contributed by atoms with Gasteiger partial charge in [0.25, 0.3) is 0 Å². The summed E-state index contributed by atoms with van der Waals surface area (Å²) in [5.74, 6) is -1.49. The van der Waals surface area contributed by atoms with E-state index in [-0.39, 0.29) is 5.41 Å². The second-order valence-corrected chi connectivity index (χ2v) is 7.34. The Balaban J connectivity index is 2.10. The highest BCUT2D eigenvalue weighted by Crippen LogP contribution is 2.60. The van der Waals surface area contributed by atoms with Gasteiger partial charge >= 0.3 is 5.91 Å². The van der Waals surface area contributed by atoms with E-state index in [4.69, 9.17) is 0 Å². The summed E-state index contributed by atoms with van der Waals surface area (Å²) in [5, 5.41) is 20.6. The van der Waals surface area contributed by atoms with Gasteiger partial charge in [-0.15, -0.1) is 0 Å². The van der Waals surface area contributed by atoms with Crippen LogP contribution in [0.25, 0.3) is 0 Å². The summed E-state index contributed by atoms with van der Waals surface area (Å²) in [4.78, 5) is 0.999. The first kappa shape index (κ1) is 10.1. The van der Waals surface area contributed by atoms with E-state index in [1.54, 1.807) is 0 Å². The number of quaternary nitrogens is 1. The minimum atomic E-state index is -1.49. The van der Waals surface area contributed by atoms with Crippen molar-refractivity contribution in [3.8, 4) is 0 Å². The maximum absolute atomic E-state index is 10.3. The molecule has 3 N–H and O–H groups in total. The van der Waals surface area contributed by atoms with Crippen molar-refractivity contribution in [1.29, 1.82) is 0 Å². The highest BCUT2D eigenvalue weighted by Gasteiger charge is 2.72. The molecule has 3 heterocycles. The minimum absolute atomic E-state index is 0.305. The average molecular weight is 212 g/mol. The molecule has 0 aromatic rings. The lowest BCUT2D eigenvalue weighted by molar-refractivity contribution is -1.05. The Bertz CT molecular complexity index is 308. The van der Waals surface area contributed by atoms with Crippen LogP contribution in [0.3, 0.4) is 0 Å². The lowest BCUT2D eigenvalue weighted by Gasteiger charge is -2.66. The van der Waals surface area contributed by atoms with Crippen LogP contribution in [0, 0.1) is 16.2 Å². The monoisotopic (exact) mass is 212 g/mol. The number of piperidine rings is 3. The van der Waals surface area contributed by atoms with Gasteiger partial charge in [-0.05, 0) is 26.2 Å². The molecular formula is C12H22NO2+. The summed E-state index contributed by atoms with van der Waals surface area (Å²) in [5.41, 5.74) is 0.342. The molecule has 0 amide bonds. The lowest BCUT2D eigenvalue weighted by atomic mass is 9.48. The van der Waals surface area contributed by atoms with Gasteiger partial charge in [-0.1, -0.05) is 13.8 Å². The predicted molar refractivity (Wildman–Crippen MR) is 56.0 cm³/mol. The number of nitrogens with one attached hydrogen (secondary N) is 1. The van der Waals surface area contributed by atoms with Crippen molar-refractivity contribution >= 4 is 0 Å². The zero-order chi connectivity index (χ0) is 11.1. The van der Waals surface area contributed by atoms with Crippen LogP contribution in [0.15, 0.2) is 0 Å². The lowest BCUT2D eigenvalue weighted by Crippen LogP contribution is -3.28. The van der Waals surface area contributed by atoms with Crippen LogP contribution in [0.2, 0.25) is 0 Å². The first-order valence-corrected chi connectivity index (χ1v) is 5.98. The van der Waals surface area contributed by atoms with Crippen LogP contribution in [-0.4, -0.2) is 29.2 Å². The summed E-state index contributed by atoms with van der Waals surface area (Å²) in [6, 6.07) is 0. The van der Waals surface area contributed by atoms with Gasteiger partial charge in [-0.25, -0.2) is 0 Å². The molecule has 4 aliphatic rings. The Hall–Kier alpha value is -0.120. The molecule has 0 radical (unpaired) electrons. The van der Waals surface area contributed by atoms with Gasteiger partial charge in [0, 0.05) is 10.8 Å². The quantitative estimate of drug-likeness (QED) is 0.484. The van der Waals surface area contributed by atoms with Gasteiger partial charge in [0.05, 0.1) is 18.5 Å². The van der Waals surface area contributed by atoms with Crippen LogP contribution in [0.5, 0.6) is 0 Å². The Morgan fingerprint density at radius 2 is 1.33 bits per heavy atom. The number of aliphatic hydroxyl groups is 2. The van der Waals surface area contributed by atoms with E-state index in [9.17, 15) is 10.2 Å². The Morgan fingerprint density at radius 3 is 1.73 bits per heavy atom. The first-order valence-electron chi connectivity index (χ1n) is 5.98. The van der Waals surface area contributed by atoms with Gasteiger partial charge in [0.1, 0.15) is 0 Å². The van der Waals surface area contributed by atoms with Crippen molar-refractivity contribution in [1.82, 2.24) is 0 Å². The van der Waals surface area contributed by atoms with Crippen LogP contribution in [-0.2, 0) is 0 Å². The number of rotatable bonds is 0. The third-order valence-corrected chi connectivity index (χ3v) is 5.10. The zero-order valence-electron chi connectivity index (χ0n) is 9.93. The van der Waals surface area contributed by atoms with Gasteiger partial charge in [0.2, 0.25) is 0 Å². The fourth-order valence-corrected chi connectivity index (χ4v) is 5.36. The van der Waals surface area contributed by atoms with Crippen LogP contribution < -0.4 is 4.90 Å². The van der Waals surface area contributed by atoms with E-state index in [1.807, 2.05) is 0 Å². The highest BCUT2D eigenvalue weighted by molar-refractivity contribution is 5.06. The van der Waals surface area contributed by atoms with Gasteiger partial charge < -0.3 is 10.2 Å². The molecule has 0 aromatic heterocycles. The second kappa shape index (κ2) is 2.27. The van der Waals surface area contributed by atoms with E-state index in [2.05, 4.69) is 20.8 Å². The summed E-state index contributed by atoms with van der Waals surface area (Å²) < 4.78 is 0. The van der Waals surface area contributed by atoms with E-state index < -0.39 is 5.91 Å². The van der Waals surface area contributed by atoms with Crippen molar-refractivity contribution in [2.45, 2.75) is 45.9 Å². The molecule has 4 atom stereocenters. The molecule has 1 aliphatic carbocycles. The van der Waals surface area contributed by atoms with E-state index in [0.717, 1.165) is 30.8 Å². The third kappa shape index (κ3) is 1.07. The highest BCUT2D eigenvalue weighted by atomic mass is 16.5. The molecule has 3 saturated heterocycles. The molecule has 86 valence electrons. The predicted octanol–water partition coefficient (Wildman–Crippen LogP) is -0.260. The molecule has 15 heavy (non-hydrogen) atoms. The van der Waals surface area contributed by atoms with Crippen molar-refractivity contribution in [3.05, 3.63) is 0 Å². The van der Waals surface area contributed by atoms with Crippen molar-refractivity contribution < 1.29 is 15.1 Å². The molecule has 3 heteroatoms. The second-order valence-electron chi connectivity index (χ2n) is 7.34. The third-order valence-electron chi connectivity index (χ3n) is 5.10. The zero-order valence-corrected chi connectivity index (χ0v) is 9.93. The first-order chi connectivity index (χ1) is 6.68. The van der Waals surface area contributed by atoms with Crippen molar-refractivity contribution in [2.24, 2.45) is 16.2 Å². The summed E-state index contributed by atoms with van der Waals surface area (Å²) in [7, 11) is 0. The van der Waals surface area contributed by atoms with E-state index in [0.29, 0.717) is 10.8 Å². The summed E-state index contributed by atoms with van der Waals surface area (Å²) >= 11 is 0. The number of hydrogen-bond acceptors (Lipinski definition) is 2. The smallest absolute Gasteiger partial charge is 0.318 e. The van der Waals surface area contributed by atoms with Crippen molar-refractivity contribution in [3.63, 3.8) is 0 Å². The fourth-order valence-electron chi connectivity index (χ4n) is 5.36. The maximum atomic E-state index is 10.3. The van der Waals surface area contributed by atoms with Gasteiger partial charge in [-0.3, -0.25) is 4.90 Å². The van der Waals surface area contributed by atoms with Crippen LogP contribution in [0.4, 0.5) is 0 Å². The molecule has 0 aromatic carbocycles. The van der Waals surface area contributed by atoms with E-state index in [1.165, 1.54) is 6.42 Å². The molecule has 4 bridgehead atoms. The molecule has 4 rings (SSSR count). The van der Waals surface area contributed by atoms with Crippen LogP contribution in [0.1, 0.15) is 40.0 Å². The SMILES string of the molecule is CC12C[C@]3(C)C[NH+](C[C@](C)(C1)C3)C2(O)O. The maximum Gasteiger partial charge on any atom is 0.318 e. The molecular weight excluding hydrogens is 190 g/mol. The molecule has 0 spiro atoms. The Kier molecular flexibility index (Phi) is 1.52. The van der Waals surface area contributed by atoms with Gasteiger partial charge in [-0.2, -0.15) is 0 Å². The normalized spacial score (nSPS) is 61.0.